The van der Waals surface area contributed by atoms with Gasteiger partial charge in [-0.3, -0.25) is 0 Å². The van der Waals surface area contributed by atoms with Crippen molar-refractivity contribution in [1.82, 2.24) is 0 Å². The van der Waals surface area contributed by atoms with E-state index < -0.39 is 4.75 Å². The van der Waals surface area contributed by atoms with Crippen LogP contribution in [0.2, 0.25) is 0 Å². The molecule has 13 heavy (non-hydrogen) atoms. The van der Waals surface area contributed by atoms with Crippen molar-refractivity contribution in [1.29, 1.82) is 5.26 Å². The first-order valence-corrected chi connectivity index (χ1v) is 4.71. The summed E-state index contributed by atoms with van der Waals surface area (Å²) in [6.07, 6.45) is 0. The van der Waals surface area contributed by atoms with E-state index in [4.69, 9.17) is 5.26 Å². The zero-order valence-corrected chi connectivity index (χ0v) is 8.36. The van der Waals surface area contributed by atoms with Crippen LogP contribution in [0.5, 0.6) is 0 Å². The maximum absolute atomic E-state index is 12.5. The van der Waals surface area contributed by atoms with Gasteiger partial charge in [0.05, 0.1) is 6.07 Å². The highest BCUT2D eigenvalue weighted by atomic mass is 32.2. The topological polar surface area (TPSA) is 23.8 Å². The van der Waals surface area contributed by atoms with Crippen molar-refractivity contribution >= 4 is 11.8 Å². The highest BCUT2D eigenvalue weighted by Gasteiger charge is 2.17. The number of hydrogen-bond donors (Lipinski definition) is 0. The Hall–Kier alpha value is -1.01. The van der Waals surface area contributed by atoms with Crippen LogP contribution in [0.3, 0.4) is 0 Å². The van der Waals surface area contributed by atoms with Gasteiger partial charge in [-0.05, 0) is 38.1 Å². The third kappa shape index (κ3) is 3.08. The molecular formula is C10H10FNS. The summed E-state index contributed by atoms with van der Waals surface area (Å²) >= 11 is 1.43. The molecule has 0 aliphatic heterocycles. The molecule has 1 aromatic carbocycles. The van der Waals surface area contributed by atoms with Crippen molar-refractivity contribution in [3.63, 3.8) is 0 Å². The fraction of sp³-hybridized carbons (Fsp3) is 0.300. The predicted molar refractivity (Wildman–Crippen MR) is 51.9 cm³/mol. The van der Waals surface area contributed by atoms with Crippen LogP contribution < -0.4 is 0 Å². The molecule has 1 aromatic rings. The smallest absolute Gasteiger partial charge is 0.123 e. The van der Waals surface area contributed by atoms with E-state index in [-0.39, 0.29) is 5.82 Å². The number of rotatable bonds is 2. The van der Waals surface area contributed by atoms with Crippen LogP contribution in [0.15, 0.2) is 29.2 Å². The Morgan fingerprint density at radius 3 is 2.31 bits per heavy atom. The second-order valence-corrected chi connectivity index (χ2v) is 4.87. The van der Waals surface area contributed by atoms with Crippen molar-refractivity contribution in [3.8, 4) is 6.07 Å². The Balaban J connectivity index is 2.77. The molecule has 0 N–H and O–H groups in total. The van der Waals surface area contributed by atoms with E-state index in [1.165, 1.54) is 23.9 Å². The van der Waals surface area contributed by atoms with Crippen LogP contribution in [0, 0.1) is 17.1 Å². The molecule has 68 valence electrons. The minimum atomic E-state index is -0.460. The van der Waals surface area contributed by atoms with E-state index in [1.54, 1.807) is 12.1 Å². The van der Waals surface area contributed by atoms with Crippen LogP contribution in [0.25, 0.3) is 0 Å². The second-order valence-electron chi connectivity index (χ2n) is 3.18. The van der Waals surface area contributed by atoms with E-state index in [2.05, 4.69) is 6.07 Å². The van der Waals surface area contributed by atoms with Crippen molar-refractivity contribution in [3.05, 3.63) is 30.1 Å². The molecule has 0 spiro atoms. The highest BCUT2D eigenvalue weighted by Crippen LogP contribution is 2.31. The Kier molecular flexibility index (Phi) is 2.94. The summed E-state index contributed by atoms with van der Waals surface area (Å²) < 4.78 is 12.1. The monoisotopic (exact) mass is 195 g/mol. The van der Waals surface area contributed by atoms with Crippen LogP contribution >= 0.6 is 11.8 Å². The lowest BCUT2D eigenvalue weighted by atomic mass is 10.2. The lowest BCUT2D eigenvalue weighted by molar-refractivity contribution is 0.626. The average Bonchev–Trinajstić information content (AvgIpc) is 2.09. The predicted octanol–water partition coefficient (Wildman–Crippen LogP) is 3.22. The molecule has 0 saturated heterocycles. The molecule has 0 fully saturated rings. The Labute approximate surface area is 81.6 Å². The molecule has 0 aliphatic rings. The molecule has 0 heterocycles. The third-order valence-electron chi connectivity index (χ3n) is 1.46. The standard InChI is InChI=1S/C10H10FNS/c1-10(2,7-12)13-9-5-3-8(11)4-6-9/h3-6H,1-2H3. The van der Waals surface area contributed by atoms with Crippen molar-refractivity contribution in [2.24, 2.45) is 0 Å². The largest absolute Gasteiger partial charge is 0.207 e. The van der Waals surface area contributed by atoms with E-state index in [0.29, 0.717) is 0 Å². The molecule has 0 bridgehead atoms. The third-order valence-corrected chi connectivity index (χ3v) is 2.57. The van der Waals surface area contributed by atoms with Gasteiger partial charge in [0.25, 0.3) is 0 Å². The summed E-state index contributed by atoms with van der Waals surface area (Å²) in [7, 11) is 0. The Morgan fingerprint density at radius 1 is 1.31 bits per heavy atom. The Morgan fingerprint density at radius 2 is 1.85 bits per heavy atom. The first-order valence-electron chi connectivity index (χ1n) is 3.89. The van der Waals surface area contributed by atoms with Gasteiger partial charge >= 0.3 is 0 Å². The summed E-state index contributed by atoms with van der Waals surface area (Å²) in [6.45, 7) is 3.67. The lowest BCUT2D eigenvalue weighted by Gasteiger charge is -2.13. The number of halogens is 1. The van der Waals surface area contributed by atoms with Crippen molar-refractivity contribution < 1.29 is 4.39 Å². The van der Waals surface area contributed by atoms with Gasteiger partial charge in [0.15, 0.2) is 0 Å². The van der Waals surface area contributed by atoms with Crippen molar-refractivity contribution in [2.75, 3.05) is 0 Å². The molecule has 0 unspecified atom stereocenters. The van der Waals surface area contributed by atoms with Gasteiger partial charge in [-0.2, -0.15) is 5.26 Å². The molecule has 3 heteroatoms. The molecule has 1 rings (SSSR count). The van der Waals surface area contributed by atoms with Gasteiger partial charge in [-0.15, -0.1) is 11.8 Å². The first-order chi connectivity index (χ1) is 6.03. The van der Waals surface area contributed by atoms with Crippen LogP contribution in [-0.4, -0.2) is 4.75 Å². The van der Waals surface area contributed by atoms with Gasteiger partial charge in [0, 0.05) is 4.90 Å². The summed E-state index contributed by atoms with van der Waals surface area (Å²) in [4.78, 5) is 0.910. The van der Waals surface area contributed by atoms with Gasteiger partial charge in [-0.25, -0.2) is 4.39 Å². The minimum absolute atomic E-state index is 0.251. The lowest BCUT2D eigenvalue weighted by Crippen LogP contribution is -2.09. The van der Waals surface area contributed by atoms with E-state index in [9.17, 15) is 4.39 Å². The normalized spacial score (nSPS) is 10.9. The minimum Gasteiger partial charge on any atom is -0.207 e. The number of nitriles is 1. The van der Waals surface area contributed by atoms with Gasteiger partial charge in [0.1, 0.15) is 10.6 Å². The number of nitrogens with zero attached hydrogens (tertiary/aromatic N) is 1. The zero-order valence-electron chi connectivity index (χ0n) is 7.54. The molecule has 1 nitrogen and oxygen atoms in total. The fourth-order valence-corrected chi connectivity index (χ4v) is 1.73. The van der Waals surface area contributed by atoms with Crippen LogP contribution in [0.1, 0.15) is 13.8 Å². The average molecular weight is 195 g/mol. The summed E-state index contributed by atoms with van der Waals surface area (Å²) in [5, 5.41) is 8.77. The summed E-state index contributed by atoms with van der Waals surface area (Å²) in [5.41, 5.74) is 0. The molecule has 0 atom stereocenters. The van der Waals surface area contributed by atoms with Gasteiger partial charge in [0.2, 0.25) is 0 Å². The van der Waals surface area contributed by atoms with Crippen molar-refractivity contribution in [2.45, 2.75) is 23.5 Å². The van der Waals surface area contributed by atoms with Gasteiger partial charge < -0.3 is 0 Å². The Bertz CT molecular complexity index is 324. The zero-order chi connectivity index (χ0) is 9.90. The maximum Gasteiger partial charge on any atom is 0.123 e. The quantitative estimate of drug-likeness (QED) is 0.676. The van der Waals surface area contributed by atoms with Gasteiger partial charge in [-0.1, -0.05) is 0 Å². The number of hydrogen-bond acceptors (Lipinski definition) is 2. The van der Waals surface area contributed by atoms with E-state index >= 15 is 0 Å². The molecule has 0 radical (unpaired) electrons. The molecular weight excluding hydrogens is 185 g/mol. The highest BCUT2D eigenvalue weighted by molar-refractivity contribution is 8.00. The SMILES string of the molecule is CC(C)(C#N)Sc1ccc(F)cc1. The molecule has 0 amide bonds. The van der Waals surface area contributed by atoms with Crippen LogP contribution in [0.4, 0.5) is 4.39 Å². The first kappa shape index (κ1) is 10.1. The maximum atomic E-state index is 12.5. The van der Waals surface area contributed by atoms with Crippen LogP contribution in [-0.2, 0) is 0 Å². The molecule has 0 aliphatic carbocycles. The number of thioether (sulfide) groups is 1. The van der Waals surface area contributed by atoms with E-state index in [0.717, 1.165) is 4.90 Å². The number of benzene rings is 1. The molecule has 0 saturated carbocycles. The second kappa shape index (κ2) is 3.80. The summed E-state index contributed by atoms with van der Waals surface area (Å²) in [5.74, 6) is -0.251. The van der Waals surface area contributed by atoms with E-state index in [1.807, 2.05) is 13.8 Å². The summed E-state index contributed by atoms with van der Waals surface area (Å²) in [6, 6.07) is 8.33. The fourth-order valence-electron chi connectivity index (χ4n) is 0.820. The molecule has 0 aromatic heterocycles.